The second kappa shape index (κ2) is 5.62. The minimum atomic E-state index is -0.111. The van der Waals surface area contributed by atoms with Gasteiger partial charge in [-0.3, -0.25) is 9.69 Å². The van der Waals surface area contributed by atoms with Gasteiger partial charge in [0.2, 0.25) is 0 Å². The van der Waals surface area contributed by atoms with Gasteiger partial charge < -0.3 is 9.47 Å². The molecule has 1 unspecified atom stereocenters. The Hall–Kier alpha value is -1.26. The molecule has 0 radical (unpaired) electrons. The van der Waals surface area contributed by atoms with Crippen LogP contribution in [0, 0.1) is 5.92 Å². The van der Waals surface area contributed by atoms with Crippen molar-refractivity contribution in [1.29, 1.82) is 0 Å². The molecule has 4 nitrogen and oxygen atoms in total. The van der Waals surface area contributed by atoms with Crippen molar-refractivity contribution in [3.05, 3.63) is 28.3 Å². The average molecular weight is 296 g/mol. The Morgan fingerprint density at radius 3 is 3.20 bits per heavy atom. The third-order valence-electron chi connectivity index (χ3n) is 4.03. The van der Waals surface area contributed by atoms with E-state index in [0.717, 1.165) is 55.4 Å². The van der Waals surface area contributed by atoms with Crippen LogP contribution in [-0.2, 0) is 22.5 Å². The fraction of sp³-hybridized carbons (Fsp3) is 0.533. The zero-order valence-electron chi connectivity index (χ0n) is 11.5. The Bertz CT molecular complexity index is 532. The minimum Gasteiger partial charge on any atom is -0.493 e. The molecule has 1 atom stereocenters. The zero-order chi connectivity index (χ0) is 14.1. The van der Waals surface area contributed by atoms with E-state index < -0.39 is 0 Å². The van der Waals surface area contributed by atoms with Crippen LogP contribution in [0.15, 0.2) is 12.1 Å². The monoisotopic (exact) mass is 295 g/mol. The number of carbonyl (C=O) groups excluding carboxylic acids is 1. The first-order valence-corrected chi connectivity index (χ1v) is 7.29. The van der Waals surface area contributed by atoms with Gasteiger partial charge in [0.25, 0.3) is 0 Å². The van der Waals surface area contributed by atoms with Crippen molar-refractivity contribution in [3.63, 3.8) is 0 Å². The molecule has 1 fully saturated rings. The Morgan fingerprint density at radius 1 is 1.55 bits per heavy atom. The third kappa shape index (κ3) is 2.63. The van der Waals surface area contributed by atoms with E-state index in [1.54, 1.807) is 0 Å². The summed E-state index contributed by atoms with van der Waals surface area (Å²) in [5.74, 6) is 0.865. The maximum Gasteiger partial charge on any atom is 0.310 e. The summed E-state index contributed by atoms with van der Waals surface area (Å²) in [7, 11) is 1.45. The topological polar surface area (TPSA) is 38.8 Å². The highest BCUT2D eigenvalue weighted by Gasteiger charge is 2.30. The highest BCUT2D eigenvalue weighted by atomic mass is 35.5. The van der Waals surface area contributed by atoms with Crippen LogP contribution in [0.2, 0.25) is 5.02 Å². The number of benzene rings is 1. The van der Waals surface area contributed by atoms with Crippen molar-refractivity contribution in [2.24, 2.45) is 5.92 Å². The predicted octanol–water partition coefficient (Wildman–Crippen LogP) is 2.27. The zero-order valence-corrected chi connectivity index (χ0v) is 12.3. The largest absolute Gasteiger partial charge is 0.493 e. The molecule has 2 aliphatic heterocycles. The molecule has 108 valence electrons. The summed E-state index contributed by atoms with van der Waals surface area (Å²) in [6, 6.07) is 3.95. The van der Waals surface area contributed by atoms with Crippen LogP contribution in [0.25, 0.3) is 0 Å². The molecule has 0 saturated carbocycles. The highest BCUT2D eigenvalue weighted by molar-refractivity contribution is 6.30. The lowest BCUT2D eigenvalue weighted by Gasteiger charge is -2.17. The van der Waals surface area contributed by atoms with E-state index in [-0.39, 0.29) is 11.9 Å². The predicted molar refractivity (Wildman–Crippen MR) is 76.1 cm³/mol. The first-order chi connectivity index (χ1) is 9.67. The molecule has 0 aliphatic carbocycles. The molecule has 0 N–H and O–H groups in total. The van der Waals surface area contributed by atoms with Gasteiger partial charge in [-0.2, -0.15) is 0 Å². The number of hydrogen-bond donors (Lipinski definition) is 0. The average Bonchev–Trinajstić information content (AvgIpc) is 3.06. The Morgan fingerprint density at radius 2 is 2.40 bits per heavy atom. The van der Waals surface area contributed by atoms with E-state index in [9.17, 15) is 4.79 Å². The third-order valence-corrected chi connectivity index (χ3v) is 4.24. The molecular weight excluding hydrogens is 278 g/mol. The molecule has 0 spiro atoms. The van der Waals surface area contributed by atoms with Crippen LogP contribution < -0.4 is 4.74 Å². The van der Waals surface area contributed by atoms with Gasteiger partial charge >= 0.3 is 5.97 Å². The van der Waals surface area contributed by atoms with Crippen LogP contribution in [0.3, 0.4) is 0 Å². The maximum atomic E-state index is 11.6. The van der Waals surface area contributed by atoms with Gasteiger partial charge in [-0.1, -0.05) is 11.6 Å². The van der Waals surface area contributed by atoms with Gasteiger partial charge in [0, 0.05) is 30.1 Å². The van der Waals surface area contributed by atoms with Crippen molar-refractivity contribution in [3.8, 4) is 5.75 Å². The van der Waals surface area contributed by atoms with Crippen LogP contribution in [0.1, 0.15) is 17.5 Å². The normalized spacial score (nSPS) is 21.6. The number of ether oxygens (including phenoxy) is 2. The molecule has 2 heterocycles. The molecule has 20 heavy (non-hydrogen) atoms. The lowest BCUT2D eigenvalue weighted by atomic mass is 10.1. The number of rotatable bonds is 3. The molecule has 0 bridgehead atoms. The lowest BCUT2D eigenvalue weighted by Crippen LogP contribution is -2.23. The number of likely N-dealkylation sites (tertiary alicyclic amines) is 1. The molecule has 1 aromatic carbocycles. The second-order valence-electron chi connectivity index (χ2n) is 5.40. The maximum absolute atomic E-state index is 11.6. The van der Waals surface area contributed by atoms with Gasteiger partial charge in [-0.25, -0.2) is 0 Å². The van der Waals surface area contributed by atoms with Gasteiger partial charge in [0.1, 0.15) is 5.75 Å². The number of halogens is 1. The summed E-state index contributed by atoms with van der Waals surface area (Å²) >= 11 is 6.17. The molecular formula is C15H18ClNO3. The first kappa shape index (κ1) is 13.7. The summed E-state index contributed by atoms with van der Waals surface area (Å²) in [5.41, 5.74) is 2.31. The van der Waals surface area contributed by atoms with Crippen molar-refractivity contribution < 1.29 is 14.3 Å². The summed E-state index contributed by atoms with van der Waals surface area (Å²) in [6.07, 6.45) is 1.78. The Labute approximate surface area is 123 Å². The fourth-order valence-corrected chi connectivity index (χ4v) is 3.30. The summed E-state index contributed by atoms with van der Waals surface area (Å²) < 4.78 is 10.5. The van der Waals surface area contributed by atoms with Crippen molar-refractivity contribution in [2.75, 3.05) is 26.8 Å². The summed E-state index contributed by atoms with van der Waals surface area (Å²) in [4.78, 5) is 13.8. The lowest BCUT2D eigenvalue weighted by molar-refractivity contribution is -0.144. The van der Waals surface area contributed by atoms with E-state index in [1.165, 1.54) is 12.7 Å². The smallest absolute Gasteiger partial charge is 0.310 e. The number of methoxy groups -OCH3 is 1. The van der Waals surface area contributed by atoms with Gasteiger partial charge in [-0.05, 0) is 30.7 Å². The minimum absolute atomic E-state index is 0.00634. The molecule has 1 saturated heterocycles. The quantitative estimate of drug-likeness (QED) is 0.802. The van der Waals surface area contributed by atoms with E-state index in [4.69, 9.17) is 21.1 Å². The summed E-state index contributed by atoms with van der Waals surface area (Å²) in [5, 5.41) is 0.757. The van der Waals surface area contributed by atoms with Gasteiger partial charge in [0.15, 0.2) is 0 Å². The van der Waals surface area contributed by atoms with Crippen molar-refractivity contribution in [2.45, 2.75) is 19.4 Å². The van der Waals surface area contributed by atoms with Gasteiger partial charge in [0.05, 0.1) is 19.6 Å². The van der Waals surface area contributed by atoms with Crippen LogP contribution in [0.5, 0.6) is 5.75 Å². The SMILES string of the molecule is COC(=O)C1CCN(Cc2cc(Cl)cc3c2OCC3)C1. The van der Waals surface area contributed by atoms with Crippen LogP contribution in [-0.4, -0.2) is 37.7 Å². The molecule has 0 aromatic heterocycles. The van der Waals surface area contributed by atoms with E-state index >= 15 is 0 Å². The number of fused-ring (bicyclic) bond motifs is 1. The first-order valence-electron chi connectivity index (χ1n) is 6.91. The van der Waals surface area contributed by atoms with E-state index in [2.05, 4.69) is 4.90 Å². The van der Waals surface area contributed by atoms with Gasteiger partial charge in [-0.15, -0.1) is 0 Å². The number of carbonyl (C=O) groups is 1. The molecule has 2 aliphatic rings. The number of nitrogens with zero attached hydrogens (tertiary/aromatic N) is 1. The van der Waals surface area contributed by atoms with E-state index in [1.807, 2.05) is 12.1 Å². The fourth-order valence-electron chi connectivity index (χ4n) is 3.04. The second-order valence-corrected chi connectivity index (χ2v) is 5.83. The van der Waals surface area contributed by atoms with E-state index in [0.29, 0.717) is 0 Å². The number of hydrogen-bond acceptors (Lipinski definition) is 4. The van der Waals surface area contributed by atoms with Crippen molar-refractivity contribution >= 4 is 17.6 Å². The van der Waals surface area contributed by atoms with Crippen LogP contribution >= 0.6 is 11.6 Å². The molecule has 1 aromatic rings. The molecule has 3 rings (SSSR count). The number of esters is 1. The van der Waals surface area contributed by atoms with Crippen molar-refractivity contribution in [1.82, 2.24) is 4.90 Å². The standard InChI is InChI=1S/C15H18ClNO3/c1-19-15(18)11-2-4-17(8-11)9-12-7-13(16)6-10-3-5-20-14(10)12/h6-7,11H,2-5,8-9H2,1H3. The molecule has 0 amide bonds. The Balaban J connectivity index is 1.72. The Kier molecular flexibility index (Phi) is 3.85. The van der Waals surface area contributed by atoms with Crippen LogP contribution in [0.4, 0.5) is 0 Å². The summed E-state index contributed by atoms with van der Waals surface area (Å²) in [6.45, 7) is 3.15. The molecule has 5 heteroatoms. The highest BCUT2D eigenvalue weighted by Crippen LogP contribution is 2.34.